The SMILES string of the molecule is CC(C)(NC=O)c1ccc(-n2cc3cccc(C(N)=O)c3n2)cc1. The zero-order chi connectivity index (χ0) is 17.3. The highest BCUT2D eigenvalue weighted by molar-refractivity contribution is 6.04. The number of benzene rings is 2. The summed E-state index contributed by atoms with van der Waals surface area (Å²) < 4.78 is 1.71. The van der Waals surface area contributed by atoms with E-state index in [-0.39, 0.29) is 0 Å². The molecule has 0 spiro atoms. The Bertz CT molecular complexity index is 910. The molecule has 1 heterocycles. The van der Waals surface area contributed by atoms with E-state index < -0.39 is 11.4 Å². The molecule has 0 atom stereocenters. The summed E-state index contributed by atoms with van der Waals surface area (Å²) in [5.41, 5.74) is 7.77. The maximum absolute atomic E-state index is 11.5. The summed E-state index contributed by atoms with van der Waals surface area (Å²) in [6.07, 6.45) is 2.55. The van der Waals surface area contributed by atoms with Gasteiger partial charge in [0, 0.05) is 11.6 Å². The van der Waals surface area contributed by atoms with E-state index in [0.717, 1.165) is 16.6 Å². The average Bonchev–Trinajstić information content (AvgIpc) is 2.98. The van der Waals surface area contributed by atoms with Crippen molar-refractivity contribution in [1.82, 2.24) is 15.1 Å². The summed E-state index contributed by atoms with van der Waals surface area (Å²) in [6.45, 7) is 3.86. The van der Waals surface area contributed by atoms with E-state index in [9.17, 15) is 9.59 Å². The van der Waals surface area contributed by atoms with Gasteiger partial charge in [0.1, 0.15) is 5.52 Å². The van der Waals surface area contributed by atoms with Gasteiger partial charge < -0.3 is 11.1 Å². The Morgan fingerprint density at radius 3 is 2.54 bits per heavy atom. The quantitative estimate of drug-likeness (QED) is 0.705. The molecule has 0 unspecified atom stereocenters. The lowest BCUT2D eigenvalue weighted by atomic mass is 9.94. The molecule has 0 fully saturated rings. The molecule has 0 saturated carbocycles. The highest BCUT2D eigenvalue weighted by Gasteiger charge is 2.19. The van der Waals surface area contributed by atoms with Gasteiger partial charge in [0.2, 0.25) is 6.41 Å². The molecule has 3 aromatic rings. The maximum atomic E-state index is 11.5. The molecule has 2 amide bonds. The van der Waals surface area contributed by atoms with Gasteiger partial charge in [0.05, 0.1) is 16.8 Å². The lowest BCUT2D eigenvalue weighted by molar-refractivity contribution is -0.111. The highest BCUT2D eigenvalue weighted by Crippen LogP contribution is 2.23. The number of carbonyl (C=O) groups is 2. The molecule has 3 N–H and O–H groups in total. The van der Waals surface area contributed by atoms with Crippen LogP contribution in [0.25, 0.3) is 16.6 Å². The van der Waals surface area contributed by atoms with Gasteiger partial charge in [-0.25, -0.2) is 4.68 Å². The summed E-state index contributed by atoms with van der Waals surface area (Å²) in [5, 5.41) is 8.11. The molecule has 3 rings (SSSR count). The van der Waals surface area contributed by atoms with E-state index in [1.165, 1.54) is 0 Å². The van der Waals surface area contributed by atoms with Crippen LogP contribution in [0.5, 0.6) is 0 Å². The number of carbonyl (C=O) groups excluding carboxylic acids is 2. The van der Waals surface area contributed by atoms with E-state index in [4.69, 9.17) is 5.73 Å². The molecule has 0 aliphatic heterocycles. The van der Waals surface area contributed by atoms with Gasteiger partial charge in [-0.1, -0.05) is 24.3 Å². The second-order valence-electron chi connectivity index (χ2n) is 6.12. The first kappa shape index (κ1) is 15.7. The monoisotopic (exact) mass is 322 g/mol. The zero-order valence-electron chi connectivity index (χ0n) is 13.5. The fourth-order valence-corrected chi connectivity index (χ4v) is 2.64. The number of amides is 2. The molecule has 6 heteroatoms. The van der Waals surface area contributed by atoms with E-state index >= 15 is 0 Å². The van der Waals surface area contributed by atoms with Crippen molar-refractivity contribution in [1.29, 1.82) is 0 Å². The first-order valence-corrected chi connectivity index (χ1v) is 7.53. The third-order valence-corrected chi connectivity index (χ3v) is 4.08. The van der Waals surface area contributed by atoms with Crippen molar-refractivity contribution >= 4 is 23.2 Å². The van der Waals surface area contributed by atoms with Crippen LogP contribution in [0, 0.1) is 0 Å². The Morgan fingerprint density at radius 2 is 1.92 bits per heavy atom. The number of rotatable bonds is 5. The largest absolute Gasteiger partial charge is 0.366 e. The van der Waals surface area contributed by atoms with E-state index in [1.54, 1.807) is 16.8 Å². The van der Waals surface area contributed by atoms with Crippen LogP contribution in [-0.2, 0) is 10.3 Å². The maximum Gasteiger partial charge on any atom is 0.250 e. The fraction of sp³-hybridized carbons (Fsp3) is 0.167. The van der Waals surface area contributed by atoms with Crippen molar-refractivity contribution in [2.75, 3.05) is 0 Å². The number of nitrogens with one attached hydrogen (secondary N) is 1. The molecular formula is C18H18N4O2. The number of fused-ring (bicyclic) bond motifs is 1. The normalized spacial score (nSPS) is 11.4. The summed E-state index contributed by atoms with van der Waals surface area (Å²) >= 11 is 0. The second kappa shape index (κ2) is 5.81. The first-order chi connectivity index (χ1) is 11.4. The summed E-state index contributed by atoms with van der Waals surface area (Å²) in [4.78, 5) is 22.2. The molecule has 0 saturated heterocycles. The second-order valence-corrected chi connectivity index (χ2v) is 6.12. The molecule has 24 heavy (non-hydrogen) atoms. The summed E-state index contributed by atoms with van der Waals surface area (Å²) in [7, 11) is 0. The van der Waals surface area contributed by atoms with Crippen molar-refractivity contribution in [3.63, 3.8) is 0 Å². The number of aromatic nitrogens is 2. The molecule has 0 aliphatic rings. The van der Waals surface area contributed by atoms with Gasteiger partial charge in [0.25, 0.3) is 5.91 Å². The Labute approximate surface area is 139 Å². The van der Waals surface area contributed by atoms with Gasteiger partial charge in [-0.2, -0.15) is 5.10 Å². The summed E-state index contributed by atoms with van der Waals surface area (Å²) in [5.74, 6) is -0.497. The van der Waals surface area contributed by atoms with Crippen molar-refractivity contribution in [3.8, 4) is 5.69 Å². The number of nitrogens with two attached hydrogens (primary N) is 1. The third kappa shape index (κ3) is 2.74. The lowest BCUT2D eigenvalue weighted by Gasteiger charge is -2.24. The predicted octanol–water partition coefficient (Wildman–Crippen LogP) is 2.11. The van der Waals surface area contributed by atoms with Crippen molar-refractivity contribution in [3.05, 3.63) is 59.8 Å². The van der Waals surface area contributed by atoms with Crippen LogP contribution >= 0.6 is 0 Å². The number of primary amides is 1. The van der Waals surface area contributed by atoms with Crippen LogP contribution in [-0.4, -0.2) is 22.1 Å². The molecule has 6 nitrogen and oxygen atoms in total. The Hall–Kier alpha value is -3.15. The minimum Gasteiger partial charge on any atom is -0.366 e. The van der Waals surface area contributed by atoms with Crippen LogP contribution in [0.15, 0.2) is 48.7 Å². The Kier molecular flexibility index (Phi) is 3.81. The zero-order valence-corrected chi connectivity index (χ0v) is 13.5. The minimum absolute atomic E-state index is 0.402. The third-order valence-electron chi connectivity index (χ3n) is 4.08. The van der Waals surface area contributed by atoms with E-state index in [0.29, 0.717) is 17.5 Å². The number of nitrogens with zero attached hydrogens (tertiary/aromatic N) is 2. The average molecular weight is 322 g/mol. The van der Waals surface area contributed by atoms with Crippen LogP contribution in [0.4, 0.5) is 0 Å². The van der Waals surface area contributed by atoms with E-state index in [1.807, 2.05) is 50.4 Å². The highest BCUT2D eigenvalue weighted by atomic mass is 16.1. The first-order valence-electron chi connectivity index (χ1n) is 7.53. The van der Waals surface area contributed by atoms with Gasteiger partial charge in [-0.05, 0) is 37.6 Å². The molecule has 0 bridgehead atoms. The predicted molar refractivity (Wildman–Crippen MR) is 91.8 cm³/mol. The number of hydrogen-bond donors (Lipinski definition) is 2. The van der Waals surface area contributed by atoms with Crippen LogP contribution < -0.4 is 11.1 Å². The van der Waals surface area contributed by atoms with Crippen molar-refractivity contribution < 1.29 is 9.59 Å². The minimum atomic E-state index is -0.497. The van der Waals surface area contributed by atoms with Crippen molar-refractivity contribution in [2.45, 2.75) is 19.4 Å². The van der Waals surface area contributed by atoms with E-state index in [2.05, 4.69) is 10.4 Å². The molecule has 0 aliphatic carbocycles. The number of hydrogen-bond acceptors (Lipinski definition) is 3. The molecule has 0 radical (unpaired) electrons. The summed E-state index contributed by atoms with van der Waals surface area (Å²) in [6, 6.07) is 13.0. The standard InChI is InChI=1S/C18H18N4O2/c1-18(2,20-11-23)13-6-8-14(9-7-13)22-10-12-4-3-5-15(17(19)24)16(12)21-22/h3-11H,1-2H3,(H2,19,24)(H,20,23). The molecule has 1 aromatic heterocycles. The smallest absolute Gasteiger partial charge is 0.250 e. The Balaban J connectivity index is 2.01. The molecule has 2 aromatic carbocycles. The van der Waals surface area contributed by atoms with Gasteiger partial charge in [-0.3, -0.25) is 9.59 Å². The van der Waals surface area contributed by atoms with Crippen LogP contribution in [0.3, 0.4) is 0 Å². The van der Waals surface area contributed by atoms with Gasteiger partial charge >= 0.3 is 0 Å². The van der Waals surface area contributed by atoms with Gasteiger partial charge in [-0.15, -0.1) is 0 Å². The lowest BCUT2D eigenvalue weighted by Crippen LogP contribution is -2.35. The molecule has 122 valence electrons. The Morgan fingerprint density at radius 1 is 1.21 bits per heavy atom. The van der Waals surface area contributed by atoms with Crippen LogP contribution in [0.1, 0.15) is 29.8 Å². The fourth-order valence-electron chi connectivity index (χ4n) is 2.64. The van der Waals surface area contributed by atoms with Gasteiger partial charge in [0.15, 0.2) is 0 Å². The van der Waals surface area contributed by atoms with Crippen molar-refractivity contribution in [2.24, 2.45) is 5.73 Å². The van der Waals surface area contributed by atoms with Crippen LogP contribution in [0.2, 0.25) is 0 Å². The molecular weight excluding hydrogens is 304 g/mol. The topological polar surface area (TPSA) is 90.0 Å².